The number of benzene rings is 2. The number of nitrogens with zero attached hydrogens (tertiary/aromatic N) is 2. The van der Waals surface area contributed by atoms with Gasteiger partial charge in [0.2, 0.25) is 5.91 Å². The number of rotatable bonds is 8. The van der Waals surface area contributed by atoms with Crippen molar-refractivity contribution in [3.63, 3.8) is 0 Å². The maximum atomic E-state index is 13.2. The van der Waals surface area contributed by atoms with Crippen LogP contribution in [0.5, 0.6) is 0 Å². The van der Waals surface area contributed by atoms with Crippen LogP contribution >= 0.6 is 11.6 Å². The Hall–Kier alpha value is -3.52. The molecule has 1 fully saturated rings. The molecule has 1 atom stereocenters. The van der Waals surface area contributed by atoms with Crippen molar-refractivity contribution in [1.82, 2.24) is 9.80 Å². The van der Waals surface area contributed by atoms with E-state index in [1.54, 1.807) is 26.8 Å². The summed E-state index contributed by atoms with van der Waals surface area (Å²) in [5.41, 5.74) is 3.29. The summed E-state index contributed by atoms with van der Waals surface area (Å²) in [4.78, 5) is 65.9. The van der Waals surface area contributed by atoms with E-state index in [-0.39, 0.29) is 31.1 Å². The molecule has 3 amide bonds. The van der Waals surface area contributed by atoms with Crippen molar-refractivity contribution in [2.75, 3.05) is 6.73 Å². The van der Waals surface area contributed by atoms with Gasteiger partial charge in [-0.15, -0.1) is 0 Å². The number of halogens is 1. The van der Waals surface area contributed by atoms with Gasteiger partial charge in [0.1, 0.15) is 11.8 Å². The van der Waals surface area contributed by atoms with Gasteiger partial charge in [-0.2, -0.15) is 0 Å². The van der Waals surface area contributed by atoms with Gasteiger partial charge in [-0.25, -0.2) is 4.90 Å². The van der Waals surface area contributed by atoms with E-state index >= 15 is 0 Å². The van der Waals surface area contributed by atoms with Crippen LogP contribution in [0.25, 0.3) is 0 Å². The molecule has 0 bridgehead atoms. The molecule has 2 aliphatic heterocycles. The topological polar surface area (TPSA) is 101 Å². The van der Waals surface area contributed by atoms with E-state index in [0.29, 0.717) is 29.8 Å². The fourth-order valence-electron chi connectivity index (χ4n) is 4.74. The quantitative estimate of drug-likeness (QED) is 0.355. The van der Waals surface area contributed by atoms with Crippen molar-refractivity contribution < 1.29 is 28.7 Å². The van der Waals surface area contributed by atoms with Gasteiger partial charge in [0.25, 0.3) is 11.8 Å². The lowest BCUT2D eigenvalue weighted by atomic mass is 9.97. The highest BCUT2D eigenvalue weighted by Crippen LogP contribution is 2.30. The third-order valence-electron chi connectivity index (χ3n) is 7.13. The minimum atomic E-state index is -0.817. The molecule has 1 unspecified atom stereocenters. The number of esters is 1. The van der Waals surface area contributed by atoms with Gasteiger partial charge >= 0.3 is 5.97 Å². The molecule has 8 nitrogen and oxygen atoms in total. The van der Waals surface area contributed by atoms with Crippen LogP contribution in [0.4, 0.5) is 0 Å². The van der Waals surface area contributed by atoms with Crippen molar-refractivity contribution in [2.24, 2.45) is 5.41 Å². The molecule has 0 radical (unpaired) electrons. The van der Waals surface area contributed by atoms with Crippen molar-refractivity contribution in [3.05, 3.63) is 69.2 Å². The Morgan fingerprint density at radius 2 is 1.77 bits per heavy atom. The van der Waals surface area contributed by atoms with Gasteiger partial charge in [-0.1, -0.05) is 35.9 Å². The van der Waals surface area contributed by atoms with Gasteiger partial charge < -0.3 is 9.64 Å². The first kappa shape index (κ1) is 28.5. The number of aryl methyl sites for hydroxylation is 2. The van der Waals surface area contributed by atoms with Gasteiger partial charge in [-0.3, -0.25) is 24.0 Å². The van der Waals surface area contributed by atoms with Crippen molar-refractivity contribution >= 4 is 41.1 Å². The highest BCUT2D eigenvalue weighted by molar-refractivity contribution is 6.31. The molecule has 0 saturated carbocycles. The van der Waals surface area contributed by atoms with E-state index in [9.17, 15) is 24.0 Å². The molecule has 0 spiro atoms. The predicted molar refractivity (Wildman–Crippen MR) is 145 cm³/mol. The summed E-state index contributed by atoms with van der Waals surface area (Å²) in [6.45, 7) is 6.73. The number of likely N-dealkylation sites (tertiary alicyclic amines) is 1. The fraction of sp³-hybridized carbons (Fsp3) is 0.433. The maximum Gasteiger partial charge on any atom is 0.312 e. The highest BCUT2D eigenvalue weighted by Gasteiger charge is 2.43. The largest absolute Gasteiger partial charge is 0.443 e. The lowest BCUT2D eigenvalue weighted by Gasteiger charge is -2.35. The Morgan fingerprint density at radius 3 is 2.46 bits per heavy atom. The fourth-order valence-corrected chi connectivity index (χ4v) is 4.94. The molecule has 9 heteroatoms. The Kier molecular flexibility index (Phi) is 8.25. The lowest BCUT2D eigenvalue weighted by Crippen LogP contribution is -2.55. The SMILES string of the molecule is Cc1ccc(CC(=O)CCc2ccc3c(c2)CN(C2CCC(=O)N(COC(=O)C(C)(C)C)C2=O)C3=O)cc1Cl. The Labute approximate surface area is 233 Å². The number of carbonyl (C=O) groups excluding carboxylic acids is 5. The second-order valence-electron chi connectivity index (χ2n) is 11.2. The van der Waals surface area contributed by atoms with E-state index in [0.717, 1.165) is 27.2 Å². The number of carbonyl (C=O) groups is 5. The zero-order chi connectivity index (χ0) is 28.5. The number of piperidine rings is 1. The molecule has 2 aromatic rings. The van der Waals surface area contributed by atoms with Crippen LogP contribution in [-0.2, 0) is 43.3 Å². The minimum absolute atomic E-state index is 0.0726. The van der Waals surface area contributed by atoms with Crippen LogP contribution in [-0.4, -0.2) is 52.0 Å². The van der Waals surface area contributed by atoms with Crippen LogP contribution in [0, 0.1) is 12.3 Å². The molecule has 2 heterocycles. The van der Waals surface area contributed by atoms with Crippen LogP contribution in [0.1, 0.15) is 72.6 Å². The summed E-state index contributed by atoms with van der Waals surface area (Å²) < 4.78 is 5.20. The number of Topliss-reactive ketones (excluding diaryl/α,β-unsaturated/α-hetero) is 1. The Balaban J connectivity index is 1.38. The summed E-state index contributed by atoms with van der Waals surface area (Å²) >= 11 is 6.17. The summed E-state index contributed by atoms with van der Waals surface area (Å²) in [6.07, 6.45) is 1.48. The maximum absolute atomic E-state index is 13.2. The number of fused-ring (bicyclic) bond motifs is 1. The number of amides is 3. The number of hydrogen-bond donors (Lipinski definition) is 0. The van der Waals surface area contributed by atoms with E-state index in [1.807, 2.05) is 37.3 Å². The van der Waals surface area contributed by atoms with Crippen molar-refractivity contribution in [3.8, 4) is 0 Å². The van der Waals surface area contributed by atoms with Crippen molar-refractivity contribution in [2.45, 2.75) is 72.4 Å². The van der Waals surface area contributed by atoms with E-state index in [2.05, 4.69) is 0 Å². The zero-order valence-electron chi connectivity index (χ0n) is 22.7. The number of hydrogen-bond acceptors (Lipinski definition) is 6. The van der Waals surface area contributed by atoms with E-state index in [4.69, 9.17) is 16.3 Å². The first-order valence-corrected chi connectivity index (χ1v) is 13.4. The van der Waals surface area contributed by atoms with Gasteiger partial charge in [-0.05, 0) is 74.9 Å². The lowest BCUT2D eigenvalue weighted by molar-refractivity contribution is -0.168. The summed E-state index contributed by atoms with van der Waals surface area (Å²) in [6, 6.07) is 10.3. The predicted octanol–water partition coefficient (Wildman–Crippen LogP) is 4.41. The minimum Gasteiger partial charge on any atom is -0.443 e. The first-order valence-electron chi connectivity index (χ1n) is 13.1. The first-order chi connectivity index (χ1) is 18.3. The monoisotopic (exact) mass is 552 g/mol. The average molecular weight is 553 g/mol. The molecule has 0 aromatic heterocycles. The average Bonchev–Trinajstić information content (AvgIpc) is 3.19. The third kappa shape index (κ3) is 6.38. The molecule has 206 valence electrons. The van der Waals surface area contributed by atoms with Crippen molar-refractivity contribution in [1.29, 1.82) is 0 Å². The van der Waals surface area contributed by atoms with Crippen LogP contribution < -0.4 is 0 Å². The van der Waals surface area contributed by atoms with Crippen LogP contribution in [0.2, 0.25) is 5.02 Å². The smallest absolute Gasteiger partial charge is 0.312 e. The summed E-state index contributed by atoms with van der Waals surface area (Å²) in [5, 5.41) is 0.642. The number of ether oxygens (including phenoxy) is 1. The molecule has 0 aliphatic carbocycles. The Bertz CT molecular complexity index is 1350. The molecule has 1 saturated heterocycles. The molecular formula is C30H33ClN2O6. The van der Waals surface area contributed by atoms with Gasteiger partial charge in [0, 0.05) is 36.4 Å². The van der Waals surface area contributed by atoms with Gasteiger partial charge in [0.05, 0.1) is 5.41 Å². The molecule has 39 heavy (non-hydrogen) atoms. The second-order valence-corrected chi connectivity index (χ2v) is 11.7. The standard InChI is InChI=1S/C30H33ClN2O6/c1-18-5-6-20(15-24(18)31)14-22(34)9-7-19-8-10-23-21(13-19)16-32(27(23)36)25-11-12-26(35)33(28(25)37)17-39-29(38)30(2,3)4/h5-6,8,10,13,15,25H,7,9,11-12,14,16-17H2,1-4H3. The summed E-state index contributed by atoms with van der Waals surface area (Å²) in [5.74, 6) is -1.68. The molecule has 0 N–H and O–H groups in total. The number of ketones is 1. The second kappa shape index (κ2) is 11.3. The molecule has 2 aromatic carbocycles. The summed E-state index contributed by atoms with van der Waals surface area (Å²) in [7, 11) is 0. The van der Waals surface area contributed by atoms with Crippen LogP contribution in [0.3, 0.4) is 0 Å². The zero-order valence-corrected chi connectivity index (χ0v) is 23.5. The highest BCUT2D eigenvalue weighted by atomic mass is 35.5. The number of imide groups is 1. The van der Waals surface area contributed by atoms with E-state index < -0.39 is 36.0 Å². The molecular weight excluding hydrogens is 520 g/mol. The van der Waals surface area contributed by atoms with Crippen LogP contribution in [0.15, 0.2) is 36.4 Å². The molecule has 2 aliphatic rings. The van der Waals surface area contributed by atoms with E-state index in [1.165, 1.54) is 4.90 Å². The third-order valence-corrected chi connectivity index (χ3v) is 7.54. The molecule has 4 rings (SSSR count). The normalized spacial score (nSPS) is 17.5. The van der Waals surface area contributed by atoms with Gasteiger partial charge in [0.15, 0.2) is 6.73 Å². The Morgan fingerprint density at radius 1 is 1.05 bits per heavy atom.